The molecule has 1 heterocycles. The van der Waals surface area contributed by atoms with Gasteiger partial charge in [-0.05, 0) is 54.4 Å². The minimum atomic E-state index is -3.85. The Labute approximate surface area is 142 Å². The lowest BCUT2D eigenvalue weighted by atomic mass is 10.0. The van der Waals surface area contributed by atoms with Crippen LogP contribution in [0.2, 0.25) is 0 Å². The van der Waals surface area contributed by atoms with Crippen molar-refractivity contribution in [1.29, 1.82) is 0 Å². The lowest BCUT2D eigenvalue weighted by molar-refractivity contribution is -0.116. The number of nitrogens with one attached hydrogen (secondary N) is 2. The van der Waals surface area contributed by atoms with Gasteiger partial charge in [-0.3, -0.25) is 9.52 Å². The van der Waals surface area contributed by atoms with E-state index < -0.39 is 16.6 Å². The van der Waals surface area contributed by atoms with Gasteiger partial charge in [0, 0.05) is 17.8 Å². The third kappa shape index (κ3) is 4.05. The number of fused-ring (bicyclic) bond motifs is 1. The van der Waals surface area contributed by atoms with Crippen LogP contribution >= 0.6 is 0 Å². The van der Waals surface area contributed by atoms with Crippen molar-refractivity contribution in [1.82, 2.24) is 0 Å². The molecule has 2 aromatic carbocycles. The van der Waals surface area contributed by atoms with Gasteiger partial charge in [-0.1, -0.05) is 0 Å². The van der Waals surface area contributed by atoms with Gasteiger partial charge < -0.3 is 10.1 Å². The van der Waals surface area contributed by atoms with Crippen LogP contribution in [0.15, 0.2) is 47.4 Å². The highest BCUT2D eigenvalue weighted by Gasteiger charge is 2.20. The van der Waals surface area contributed by atoms with Gasteiger partial charge in [-0.15, -0.1) is 0 Å². The number of carbonyl (C=O) groups excluding carboxylic acids is 1. The molecule has 0 aromatic heterocycles. The van der Waals surface area contributed by atoms with Crippen molar-refractivity contribution in [2.45, 2.75) is 24.3 Å². The molecule has 0 radical (unpaired) electrons. The molecule has 0 fully saturated rings. The van der Waals surface area contributed by atoms with E-state index in [1.807, 2.05) is 0 Å². The number of aryl methyl sites for hydroxylation is 1. The van der Waals surface area contributed by atoms with Crippen molar-refractivity contribution in [3.05, 3.63) is 48.0 Å². The molecule has 1 aliphatic heterocycles. The predicted molar refractivity (Wildman–Crippen MR) is 87.3 cm³/mol. The Hall–Kier alpha value is -2.68. The molecule has 9 heteroatoms. The van der Waals surface area contributed by atoms with E-state index in [0.717, 1.165) is 5.56 Å². The molecular weight excluding hydrogens is 354 g/mol. The van der Waals surface area contributed by atoms with E-state index in [1.54, 1.807) is 6.07 Å². The average molecular weight is 368 g/mol. The predicted octanol–water partition coefficient (Wildman–Crippen LogP) is 2.97. The van der Waals surface area contributed by atoms with Crippen molar-refractivity contribution in [3.8, 4) is 5.75 Å². The van der Waals surface area contributed by atoms with Gasteiger partial charge in [0.15, 0.2) is 0 Å². The molecule has 0 saturated carbocycles. The summed E-state index contributed by atoms with van der Waals surface area (Å²) in [6, 6.07) is 9.58. The summed E-state index contributed by atoms with van der Waals surface area (Å²) in [5, 5.41) is 2.68. The fourth-order valence-corrected chi connectivity index (χ4v) is 3.55. The number of carbonyl (C=O) groups is 1. The molecule has 2 N–H and O–H groups in total. The fraction of sp³-hybridized carbons (Fsp3) is 0.188. The van der Waals surface area contributed by atoms with E-state index in [-0.39, 0.29) is 22.2 Å². The van der Waals surface area contributed by atoms with Crippen molar-refractivity contribution in [2.24, 2.45) is 0 Å². The lowest BCUT2D eigenvalue weighted by Crippen LogP contribution is -2.20. The second-order valence-corrected chi connectivity index (χ2v) is 7.06. The Morgan fingerprint density at radius 2 is 1.80 bits per heavy atom. The Balaban J connectivity index is 1.79. The number of alkyl halides is 2. The summed E-state index contributed by atoms with van der Waals surface area (Å²) in [6.07, 6.45) is 0.764. The molecular formula is C16H14F2N2O4S. The molecule has 0 saturated heterocycles. The van der Waals surface area contributed by atoms with Crippen molar-refractivity contribution in [2.75, 3.05) is 10.0 Å². The first-order chi connectivity index (χ1) is 11.8. The lowest BCUT2D eigenvalue weighted by Gasteiger charge is -2.18. The molecule has 3 rings (SSSR count). The highest BCUT2D eigenvalue weighted by molar-refractivity contribution is 7.92. The normalized spacial score (nSPS) is 14.0. The maximum absolute atomic E-state index is 12.5. The average Bonchev–Trinajstić information content (AvgIpc) is 2.55. The van der Waals surface area contributed by atoms with Gasteiger partial charge in [0.05, 0.1) is 4.90 Å². The van der Waals surface area contributed by atoms with Crippen LogP contribution in [0.3, 0.4) is 0 Å². The topological polar surface area (TPSA) is 84.5 Å². The molecule has 1 aliphatic rings. The number of ether oxygens (including phenoxy) is 1. The molecule has 6 nitrogen and oxygen atoms in total. The number of benzene rings is 2. The highest BCUT2D eigenvalue weighted by Crippen LogP contribution is 2.27. The van der Waals surface area contributed by atoms with Gasteiger partial charge in [0.1, 0.15) is 5.75 Å². The third-order valence-corrected chi connectivity index (χ3v) is 4.99. The van der Waals surface area contributed by atoms with Crippen molar-refractivity contribution in [3.63, 3.8) is 0 Å². The first kappa shape index (κ1) is 17.2. The number of anilines is 2. The molecule has 1 amide bonds. The Morgan fingerprint density at radius 1 is 1.08 bits per heavy atom. The molecule has 0 bridgehead atoms. The molecule has 0 atom stereocenters. The molecule has 0 spiro atoms. The standard InChI is InChI=1S/C16H14F2N2O4S/c17-16(18)24-12-4-2-11(3-5-12)20-25(22,23)13-6-7-14-10(9-13)1-8-15(21)19-14/h2-7,9,16,20H,1,8H2,(H,19,21). The number of amides is 1. The first-order valence-electron chi connectivity index (χ1n) is 7.34. The van der Waals surface area contributed by atoms with Crippen LogP contribution in [-0.2, 0) is 21.2 Å². The number of rotatable bonds is 5. The van der Waals surface area contributed by atoms with E-state index in [0.29, 0.717) is 18.5 Å². The van der Waals surface area contributed by atoms with Crippen LogP contribution in [0.4, 0.5) is 20.2 Å². The van der Waals surface area contributed by atoms with Gasteiger partial charge in [0.25, 0.3) is 10.0 Å². The zero-order chi connectivity index (χ0) is 18.0. The maximum Gasteiger partial charge on any atom is 0.387 e. The second-order valence-electron chi connectivity index (χ2n) is 5.38. The van der Waals surface area contributed by atoms with Crippen LogP contribution in [-0.4, -0.2) is 20.9 Å². The number of sulfonamides is 1. The first-order valence-corrected chi connectivity index (χ1v) is 8.82. The minimum Gasteiger partial charge on any atom is -0.435 e. The summed E-state index contributed by atoms with van der Waals surface area (Å²) < 4.78 is 55.7. The second kappa shape index (κ2) is 6.67. The summed E-state index contributed by atoms with van der Waals surface area (Å²) in [5.74, 6) is -0.171. The molecule has 2 aromatic rings. The summed E-state index contributed by atoms with van der Waals surface area (Å²) >= 11 is 0. The number of hydrogen-bond acceptors (Lipinski definition) is 4. The van der Waals surface area contributed by atoms with E-state index >= 15 is 0 Å². The number of hydrogen-bond donors (Lipinski definition) is 2. The monoisotopic (exact) mass is 368 g/mol. The molecule has 132 valence electrons. The quantitative estimate of drug-likeness (QED) is 0.850. The summed E-state index contributed by atoms with van der Waals surface area (Å²) in [5.41, 5.74) is 1.56. The third-order valence-electron chi connectivity index (χ3n) is 3.61. The van der Waals surface area contributed by atoms with Crippen LogP contribution in [0, 0.1) is 0 Å². The van der Waals surface area contributed by atoms with E-state index in [1.165, 1.54) is 36.4 Å². The van der Waals surface area contributed by atoms with Crippen LogP contribution in [0.1, 0.15) is 12.0 Å². The van der Waals surface area contributed by atoms with Crippen LogP contribution in [0.5, 0.6) is 5.75 Å². The van der Waals surface area contributed by atoms with Crippen LogP contribution < -0.4 is 14.8 Å². The van der Waals surface area contributed by atoms with Gasteiger partial charge in [-0.2, -0.15) is 8.78 Å². The summed E-state index contributed by atoms with van der Waals surface area (Å²) in [7, 11) is -3.85. The summed E-state index contributed by atoms with van der Waals surface area (Å²) in [4.78, 5) is 11.4. The van der Waals surface area contributed by atoms with E-state index in [9.17, 15) is 22.0 Å². The van der Waals surface area contributed by atoms with E-state index in [4.69, 9.17) is 0 Å². The van der Waals surface area contributed by atoms with Crippen molar-refractivity contribution >= 4 is 27.3 Å². The molecule has 0 unspecified atom stereocenters. The Kier molecular flexibility index (Phi) is 4.58. The Bertz CT molecular complexity index is 899. The van der Waals surface area contributed by atoms with E-state index in [2.05, 4.69) is 14.8 Å². The van der Waals surface area contributed by atoms with Gasteiger partial charge in [0.2, 0.25) is 5.91 Å². The molecule has 0 aliphatic carbocycles. The Morgan fingerprint density at radius 3 is 2.48 bits per heavy atom. The largest absolute Gasteiger partial charge is 0.435 e. The minimum absolute atomic E-state index is 0.0512. The smallest absolute Gasteiger partial charge is 0.387 e. The SMILES string of the molecule is O=C1CCc2cc(S(=O)(=O)Nc3ccc(OC(F)F)cc3)ccc2N1. The fourth-order valence-electron chi connectivity index (χ4n) is 2.45. The van der Waals surface area contributed by atoms with Crippen molar-refractivity contribution < 1.29 is 26.7 Å². The van der Waals surface area contributed by atoms with Gasteiger partial charge >= 0.3 is 6.61 Å². The zero-order valence-corrected chi connectivity index (χ0v) is 13.6. The van der Waals surface area contributed by atoms with Crippen LogP contribution in [0.25, 0.3) is 0 Å². The number of halogens is 2. The highest BCUT2D eigenvalue weighted by atomic mass is 32.2. The van der Waals surface area contributed by atoms with Gasteiger partial charge in [-0.25, -0.2) is 8.42 Å². The zero-order valence-electron chi connectivity index (χ0n) is 12.8. The molecule has 25 heavy (non-hydrogen) atoms. The summed E-state index contributed by atoms with van der Waals surface area (Å²) in [6.45, 7) is -2.95. The maximum atomic E-state index is 12.5.